The van der Waals surface area contributed by atoms with Gasteiger partial charge in [-0.05, 0) is 24.4 Å². The molecule has 0 bridgehead atoms. The highest BCUT2D eigenvalue weighted by molar-refractivity contribution is 7.71. The molecule has 0 aliphatic heterocycles. The molecule has 0 unspecified atom stereocenters. The van der Waals surface area contributed by atoms with Crippen LogP contribution in [0, 0.1) is 16.1 Å². The molecule has 2 N–H and O–H groups in total. The lowest BCUT2D eigenvalue weighted by Gasteiger charge is -2.04. The normalized spacial score (nSPS) is 10.5. The lowest BCUT2D eigenvalue weighted by atomic mass is 10.0. The van der Waals surface area contributed by atoms with Gasteiger partial charge in [0.1, 0.15) is 17.3 Å². The first-order valence-corrected chi connectivity index (χ1v) is 8.56. The molecule has 130 valence electrons. The number of hydrogen-bond acceptors (Lipinski definition) is 4. The summed E-state index contributed by atoms with van der Waals surface area (Å²) in [4.78, 5) is 17.6. The molecule has 0 saturated heterocycles. The standard InChI is InChI=1S/C20H13N5OS/c21-11-15-18(22-20(27)23-19(15)26)16-12-25(14-9-5-2-6-10-14)24-17(16)13-7-3-1-4-8-13/h1-10,12H,(H2,22,23,26,27). The molecular weight excluding hydrogens is 358 g/mol. The van der Waals surface area contributed by atoms with Crippen LogP contribution in [-0.2, 0) is 0 Å². The quantitative estimate of drug-likeness (QED) is 0.536. The third-order valence-corrected chi connectivity index (χ3v) is 4.31. The minimum atomic E-state index is -0.525. The molecule has 4 aromatic rings. The molecular formula is C20H13N5OS. The van der Waals surface area contributed by atoms with E-state index in [9.17, 15) is 10.1 Å². The zero-order chi connectivity index (χ0) is 18.8. The average Bonchev–Trinajstić information content (AvgIpc) is 3.14. The Bertz CT molecular complexity index is 1260. The van der Waals surface area contributed by atoms with E-state index in [1.807, 2.05) is 66.7 Å². The Balaban J connectivity index is 2.04. The van der Waals surface area contributed by atoms with Gasteiger partial charge in [-0.1, -0.05) is 48.5 Å². The Labute approximate surface area is 159 Å². The molecule has 7 heteroatoms. The van der Waals surface area contributed by atoms with E-state index in [0.717, 1.165) is 11.3 Å². The third kappa shape index (κ3) is 3.10. The summed E-state index contributed by atoms with van der Waals surface area (Å²) in [6.45, 7) is 0. The van der Waals surface area contributed by atoms with Crippen molar-refractivity contribution in [3.8, 4) is 34.3 Å². The van der Waals surface area contributed by atoms with E-state index in [4.69, 9.17) is 17.3 Å². The Kier molecular flexibility index (Phi) is 4.24. The van der Waals surface area contributed by atoms with Crippen molar-refractivity contribution >= 4 is 12.2 Å². The van der Waals surface area contributed by atoms with Crippen molar-refractivity contribution < 1.29 is 0 Å². The van der Waals surface area contributed by atoms with E-state index < -0.39 is 5.56 Å². The molecule has 0 aliphatic carbocycles. The number of nitrogens with one attached hydrogen (secondary N) is 2. The van der Waals surface area contributed by atoms with E-state index in [1.54, 1.807) is 10.9 Å². The number of hydrogen-bond donors (Lipinski definition) is 2. The molecule has 0 atom stereocenters. The molecule has 0 radical (unpaired) electrons. The van der Waals surface area contributed by atoms with Gasteiger partial charge in [0, 0.05) is 17.3 Å². The molecule has 2 aromatic heterocycles. The van der Waals surface area contributed by atoms with Crippen LogP contribution in [-0.4, -0.2) is 19.7 Å². The molecule has 0 amide bonds. The van der Waals surface area contributed by atoms with Crippen LogP contribution >= 0.6 is 12.2 Å². The summed E-state index contributed by atoms with van der Waals surface area (Å²) in [7, 11) is 0. The van der Waals surface area contributed by atoms with Gasteiger partial charge >= 0.3 is 0 Å². The molecule has 0 fully saturated rings. The van der Waals surface area contributed by atoms with Crippen LogP contribution in [0.5, 0.6) is 0 Å². The number of aromatic nitrogens is 4. The Morgan fingerprint density at radius 3 is 2.33 bits per heavy atom. The first-order valence-electron chi connectivity index (χ1n) is 8.15. The minimum Gasteiger partial charge on any atom is -0.331 e. The molecule has 27 heavy (non-hydrogen) atoms. The van der Waals surface area contributed by atoms with Gasteiger partial charge < -0.3 is 4.98 Å². The third-order valence-electron chi connectivity index (χ3n) is 4.11. The van der Waals surface area contributed by atoms with Gasteiger partial charge in [0.15, 0.2) is 4.77 Å². The van der Waals surface area contributed by atoms with Gasteiger partial charge in [0.05, 0.1) is 11.4 Å². The van der Waals surface area contributed by atoms with Crippen molar-refractivity contribution in [3.63, 3.8) is 0 Å². The second kappa shape index (κ2) is 6.86. The minimum absolute atomic E-state index is 0.0339. The van der Waals surface area contributed by atoms with Crippen molar-refractivity contribution in [1.82, 2.24) is 19.7 Å². The SMILES string of the molecule is N#Cc1c(-c2cn(-c3ccccc3)nc2-c2ccccc2)[nH]c(=S)[nH]c1=O. The fourth-order valence-electron chi connectivity index (χ4n) is 2.87. The first-order chi connectivity index (χ1) is 13.2. The number of aromatic amines is 2. The average molecular weight is 371 g/mol. The predicted octanol–water partition coefficient (Wildman–Crippen LogP) is 3.82. The van der Waals surface area contributed by atoms with Crippen LogP contribution in [0.25, 0.3) is 28.2 Å². The smallest absolute Gasteiger partial charge is 0.270 e. The van der Waals surface area contributed by atoms with E-state index in [-0.39, 0.29) is 10.3 Å². The van der Waals surface area contributed by atoms with E-state index in [1.165, 1.54) is 0 Å². The van der Waals surface area contributed by atoms with Gasteiger partial charge in [0.25, 0.3) is 5.56 Å². The second-order valence-corrected chi connectivity index (χ2v) is 6.22. The largest absolute Gasteiger partial charge is 0.331 e. The second-order valence-electron chi connectivity index (χ2n) is 5.81. The number of nitriles is 1. The van der Waals surface area contributed by atoms with Crippen molar-refractivity contribution in [3.05, 3.63) is 87.5 Å². The summed E-state index contributed by atoms with van der Waals surface area (Å²) in [5.74, 6) is 0. The molecule has 0 aliphatic rings. The van der Waals surface area contributed by atoms with Crippen LogP contribution in [0.15, 0.2) is 71.7 Å². The fraction of sp³-hybridized carbons (Fsp3) is 0. The number of nitrogens with zero attached hydrogens (tertiary/aromatic N) is 3. The van der Waals surface area contributed by atoms with Crippen molar-refractivity contribution in [1.29, 1.82) is 5.26 Å². The summed E-state index contributed by atoms with van der Waals surface area (Å²) in [5.41, 5.74) is 2.79. The fourth-order valence-corrected chi connectivity index (χ4v) is 3.07. The van der Waals surface area contributed by atoms with Gasteiger partial charge in [-0.3, -0.25) is 9.78 Å². The summed E-state index contributed by atoms with van der Waals surface area (Å²) in [5, 5.41) is 14.2. The van der Waals surface area contributed by atoms with Crippen LogP contribution in [0.1, 0.15) is 5.56 Å². The van der Waals surface area contributed by atoms with Crippen molar-refractivity contribution in [2.45, 2.75) is 0 Å². The zero-order valence-corrected chi connectivity index (χ0v) is 14.8. The summed E-state index contributed by atoms with van der Waals surface area (Å²) >= 11 is 5.11. The highest BCUT2D eigenvalue weighted by Gasteiger charge is 2.19. The number of rotatable bonds is 3. The highest BCUT2D eigenvalue weighted by atomic mass is 32.1. The zero-order valence-electron chi connectivity index (χ0n) is 14.0. The monoisotopic (exact) mass is 371 g/mol. The Morgan fingerprint density at radius 1 is 1.00 bits per heavy atom. The maximum Gasteiger partial charge on any atom is 0.270 e. The molecule has 0 spiro atoms. The summed E-state index contributed by atoms with van der Waals surface area (Å²) < 4.78 is 1.87. The number of para-hydroxylation sites is 1. The molecule has 2 aromatic carbocycles. The van der Waals surface area contributed by atoms with Gasteiger partial charge in [-0.2, -0.15) is 10.4 Å². The van der Waals surface area contributed by atoms with Crippen molar-refractivity contribution in [2.24, 2.45) is 0 Å². The van der Waals surface area contributed by atoms with Gasteiger partial charge in [-0.25, -0.2) is 4.68 Å². The van der Waals surface area contributed by atoms with E-state index in [0.29, 0.717) is 17.0 Å². The lowest BCUT2D eigenvalue weighted by Crippen LogP contribution is -2.13. The molecule has 0 saturated carbocycles. The molecule has 2 heterocycles. The lowest BCUT2D eigenvalue weighted by molar-refractivity contribution is 0.884. The van der Waals surface area contributed by atoms with Crippen LogP contribution in [0.3, 0.4) is 0 Å². The van der Waals surface area contributed by atoms with Crippen LogP contribution in [0.4, 0.5) is 0 Å². The number of benzene rings is 2. The molecule has 4 rings (SSSR count). The Hall–Kier alpha value is -3.76. The van der Waals surface area contributed by atoms with Gasteiger partial charge in [0.2, 0.25) is 0 Å². The Morgan fingerprint density at radius 2 is 1.67 bits per heavy atom. The maximum atomic E-state index is 12.2. The van der Waals surface area contributed by atoms with Crippen LogP contribution in [0.2, 0.25) is 0 Å². The summed E-state index contributed by atoms with van der Waals surface area (Å²) in [6.07, 6.45) is 1.79. The topological polar surface area (TPSA) is 90.3 Å². The molecule has 6 nitrogen and oxygen atoms in total. The summed E-state index contributed by atoms with van der Waals surface area (Å²) in [6, 6.07) is 21.2. The first kappa shape index (κ1) is 16.7. The van der Waals surface area contributed by atoms with E-state index >= 15 is 0 Å². The predicted molar refractivity (Wildman–Crippen MR) is 105 cm³/mol. The van der Waals surface area contributed by atoms with E-state index in [2.05, 4.69) is 9.97 Å². The number of H-pyrrole nitrogens is 2. The van der Waals surface area contributed by atoms with Gasteiger partial charge in [-0.15, -0.1) is 0 Å². The maximum absolute atomic E-state index is 12.2. The van der Waals surface area contributed by atoms with Crippen molar-refractivity contribution in [2.75, 3.05) is 0 Å². The highest BCUT2D eigenvalue weighted by Crippen LogP contribution is 2.31. The van der Waals surface area contributed by atoms with Crippen LogP contribution < -0.4 is 5.56 Å².